The Labute approximate surface area is 207 Å². The summed E-state index contributed by atoms with van der Waals surface area (Å²) in [6, 6.07) is 0. The van der Waals surface area contributed by atoms with Crippen LogP contribution in [0.1, 0.15) is 92.9 Å². The van der Waals surface area contributed by atoms with Crippen LogP contribution in [0.25, 0.3) is 0 Å². The summed E-state index contributed by atoms with van der Waals surface area (Å²) in [5.74, 6) is 2.32. The summed E-state index contributed by atoms with van der Waals surface area (Å²) in [7, 11) is 0. The zero-order chi connectivity index (χ0) is 26.2. The molecule has 3 aliphatic rings. The number of piperidine rings is 1. The minimum atomic E-state index is -4.17. The summed E-state index contributed by atoms with van der Waals surface area (Å²) in [6.07, 6.45) is 5.24. The molecule has 2 heterocycles. The highest BCUT2D eigenvalue weighted by molar-refractivity contribution is 5.83. The summed E-state index contributed by atoms with van der Waals surface area (Å²) in [5, 5.41) is 3.40. The van der Waals surface area contributed by atoms with Gasteiger partial charge in [0.25, 0.3) is 0 Å². The number of carbonyl (C=O) groups excluding carboxylic acids is 1. The third-order valence-corrected chi connectivity index (χ3v) is 6.80. The third kappa shape index (κ3) is 12.5. The molecule has 1 N–H and O–H groups in total. The molecule has 0 amide bonds. The molecule has 4 atom stereocenters. The van der Waals surface area contributed by atoms with E-state index >= 15 is 0 Å². The van der Waals surface area contributed by atoms with Crippen LogP contribution >= 0.6 is 0 Å². The first-order valence-electron chi connectivity index (χ1n) is 13.3. The number of fused-ring (bicyclic) bond motifs is 1. The molecule has 3 rings (SSSR count). The largest absolute Gasteiger partial charge is 0.409 e. The Bertz CT molecular complexity index is 597. The Hall–Kier alpha value is -1.14. The van der Waals surface area contributed by atoms with Crippen LogP contribution in [0.5, 0.6) is 0 Å². The maximum Gasteiger partial charge on any atom is 0.409 e. The van der Waals surface area contributed by atoms with E-state index in [1.807, 2.05) is 20.8 Å². The highest BCUT2D eigenvalue weighted by atomic mass is 19.4. The van der Waals surface area contributed by atoms with Crippen molar-refractivity contribution in [2.24, 2.45) is 23.2 Å². The number of alkyl halides is 3. The number of hydrogen-bond donors (Lipinski definition) is 1. The lowest BCUT2D eigenvalue weighted by molar-refractivity contribution is -0.119. The van der Waals surface area contributed by atoms with Crippen molar-refractivity contribution in [3.8, 4) is 0 Å². The molecule has 3 nitrogen and oxygen atoms in total. The van der Waals surface area contributed by atoms with Crippen molar-refractivity contribution in [2.75, 3.05) is 26.3 Å². The Morgan fingerprint density at radius 2 is 1.88 bits per heavy atom. The number of ether oxygens (including phenoxy) is 1. The number of Topliss-reactive ketones (excluding diaryl/α,β-unsaturated/α-hetero) is 1. The van der Waals surface area contributed by atoms with Crippen molar-refractivity contribution < 1.29 is 22.7 Å². The molecule has 0 aromatic rings. The summed E-state index contributed by atoms with van der Waals surface area (Å²) < 4.78 is 40.0. The van der Waals surface area contributed by atoms with E-state index in [-0.39, 0.29) is 6.08 Å². The van der Waals surface area contributed by atoms with Gasteiger partial charge in [0.1, 0.15) is 5.78 Å². The normalized spacial score (nSPS) is 27.6. The number of nitrogens with one attached hydrogen (secondary N) is 1. The lowest BCUT2D eigenvalue weighted by atomic mass is 9.94. The zero-order valence-corrected chi connectivity index (χ0v) is 22.5. The topological polar surface area (TPSA) is 38.3 Å². The first kappa shape index (κ1) is 32.9. The van der Waals surface area contributed by atoms with E-state index in [1.54, 1.807) is 6.92 Å². The van der Waals surface area contributed by atoms with Crippen LogP contribution < -0.4 is 5.32 Å². The molecule has 0 spiro atoms. The second-order valence-corrected chi connectivity index (χ2v) is 9.55. The first-order valence-corrected chi connectivity index (χ1v) is 13.3. The van der Waals surface area contributed by atoms with Crippen LogP contribution in [0.3, 0.4) is 0 Å². The van der Waals surface area contributed by atoms with Crippen molar-refractivity contribution >= 4 is 5.78 Å². The molecule has 0 aromatic carbocycles. The second kappa shape index (κ2) is 17.3. The van der Waals surface area contributed by atoms with Crippen LogP contribution in [-0.2, 0) is 9.53 Å². The minimum absolute atomic E-state index is 0.284. The molecule has 1 saturated carbocycles. The molecule has 2 saturated heterocycles. The molecule has 1 aliphatic carbocycles. The first-order chi connectivity index (χ1) is 16.1. The van der Waals surface area contributed by atoms with Crippen molar-refractivity contribution in [3.63, 3.8) is 0 Å². The number of carbonyl (C=O) groups is 1. The Morgan fingerprint density at radius 3 is 2.29 bits per heavy atom. The number of allylic oxidation sites excluding steroid dienone is 3. The number of halogens is 3. The van der Waals surface area contributed by atoms with E-state index in [9.17, 15) is 18.0 Å². The summed E-state index contributed by atoms with van der Waals surface area (Å²) >= 11 is 0. The summed E-state index contributed by atoms with van der Waals surface area (Å²) in [5.41, 5.74) is 1.39. The van der Waals surface area contributed by atoms with E-state index in [0.717, 1.165) is 63.1 Å². The molecule has 200 valence electrons. The summed E-state index contributed by atoms with van der Waals surface area (Å²) in [4.78, 5) is 11.3. The minimum Gasteiger partial charge on any atom is -0.381 e. The predicted octanol–water partition coefficient (Wildman–Crippen LogP) is 7.91. The van der Waals surface area contributed by atoms with Gasteiger partial charge in [-0.2, -0.15) is 13.2 Å². The molecule has 34 heavy (non-hydrogen) atoms. The SMILES string of the molecule is C=C(CCC)CC/C=C/C(F)(F)F.CC.CC1CCCOC1.CC[C@@]12CNCC[C@@H]1C2C(C)=O. The summed E-state index contributed by atoms with van der Waals surface area (Å²) in [6.45, 7) is 20.1. The van der Waals surface area contributed by atoms with Crippen LogP contribution in [-0.4, -0.2) is 38.3 Å². The Kier molecular flexibility index (Phi) is 16.7. The zero-order valence-electron chi connectivity index (χ0n) is 22.5. The highest BCUT2D eigenvalue weighted by Gasteiger charge is 2.65. The second-order valence-electron chi connectivity index (χ2n) is 9.55. The van der Waals surface area contributed by atoms with Gasteiger partial charge in [-0.05, 0) is 75.7 Å². The van der Waals surface area contributed by atoms with Gasteiger partial charge in [-0.25, -0.2) is 0 Å². The van der Waals surface area contributed by atoms with Gasteiger partial charge in [-0.15, -0.1) is 0 Å². The van der Waals surface area contributed by atoms with Gasteiger partial charge in [-0.1, -0.05) is 59.3 Å². The van der Waals surface area contributed by atoms with Gasteiger partial charge in [0.15, 0.2) is 0 Å². The maximum absolute atomic E-state index is 11.6. The van der Waals surface area contributed by atoms with Crippen molar-refractivity contribution in [1.29, 1.82) is 0 Å². The number of hydrogen-bond acceptors (Lipinski definition) is 3. The van der Waals surface area contributed by atoms with E-state index in [1.165, 1.54) is 19.3 Å². The van der Waals surface area contributed by atoms with Crippen LogP contribution in [0.2, 0.25) is 0 Å². The standard InChI is InChI=1S/C10H15F3.C10H17NO.C6H12O.C2H6/c1-3-6-9(2)7-4-5-8-10(11,12)13;1-3-10-6-11-5-4-8(10)9(10)7(2)12;1-6-3-2-4-7-5-6;1-2/h5,8H,2-4,6-7H2,1H3;8-9,11H,3-6H2,1-2H3;6H,2-5H2,1H3;1-2H3/b8-5+;;;/t;8-,9?,10-;;/m.1../s1. The third-order valence-electron chi connectivity index (χ3n) is 6.80. The molecule has 3 fully saturated rings. The molecular formula is C28H50F3NO2. The van der Waals surface area contributed by atoms with Gasteiger partial charge < -0.3 is 10.1 Å². The maximum atomic E-state index is 11.6. The molecular weight excluding hydrogens is 439 g/mol. The lowest BCUT2D eigenvalue weighted by Gasteiger charge is -2.20. The van der Waals surface area contributed by atoms with E-state index in [4.69, 9.17) is 4.74 Å². The van der Waals surface area contributed by atoms with Gasteiger partial charge in [0.2, 0.25) is 0 Å². The molecule has 6 heteroatoms. The van der Waals surface area contributed by atoms with Crippen molar-refractivity contribution in [3.05, 3.63) is 24.3 Å². The Balaban J connectivity index is 0.000000479. The Morgan fingerprint density at radius 1 is 1.21 bits per heavy atom. The van der Waals surface area contributed by atoms with E-state index in [0.29, 0.717) is 35.9 Å². The van der Waals surface area contributed by atoms with E-state index < -0.39 is 6.18 Å². The van der Waals surface area contributed by atoms with Gasteiger partial charge in [0.05, 0.1) is 0 Å². The molecule has 0 radical (unpaired) electrons. The molecule has 0 bridgehead atoms. The molecule has 2 unspecified atom stereocenters. The quantitative estimate of drug-likeness (QED) is 0.369. The van der Waals surface area contributed by atoms with Crippen LogP contribution in [0.4, 0.5) is 13.2 Å². The van der Waals surface area contributed by atoms with Gasteiger partial charge >= 0.3 is 6.18 Å². The van der Waals surface area contributed by atoms with Crippen LogP contribution in [0, 0.1) is 23.2 Å². The lowest BCUT2D eigenvalue weighted by Crippen LogP contribution is -2.31. The number of ketones is 1. The fraction of sp³-hybridized carbons (Fsp3) is 0.821. The molecule has 2 aliphatic heterocycles. The average molecular weight is 490 g/mol. The number of rotatable bonds is 7. The molecule has 0 aromatic heterocycles. The van der Waals surface area contributed by atoms with Crippen molar-refractivity contribution in [2.45, 2.75) is 99.1 Å². The smallest absolute Gasteiger partial charge is 0.381 e. The fourth-order valence-corrected chi connectivity index (χ4v) is 5.03. The van der Waals surface area contributed by atoms with Gasteiger partial charge in [-0.3, -0.25) is 4.79 Å². The fourth-order valence-electron chi connectivity index (χ4n) is 5.03. The van der Waals surface area contributed by atoms with Crippen LogP contribution in [0.15, 0.2) is 24.3 Å². The van der Waals surface area contributed by atoms with Crippen molar-refractivity contribution in [1.82, 2.24) is 5.32 Å². The average Bonchev–Trinajstić information content (AvgIpc) is 3.49. The monoisotopic (exact) mass is 489 g/mol. The van der Waals surface area contributed by atoms with Gasteiger partial charge in [0, 0.05) is 31.8 Å². The highest BCUT2D eigenvalue weighted by Crippen LogP contribution is 2.63. The predicted molar refractivity (Wildman–Crippen MR) is 137 cm³/mol. The van der Waals surface area contributed by atoms with E-state index in [2.05, 4.69) is 25.7 Å².